The van der Waals surface area contributed by atoms with Crippen LogP contribution in [0.25, 0.3) is 0 Å². The molecule has 0 atom stereocenters. The van der Waals surface area contributed by atoms with Crippen molar-refractivity contribution in [3.8, 4) is 6.07 Å². The molecule has 0 aliphatic carbocycles. The summed E-state index contributed by atoms with van der Waals surface area (Å²) in [6.45, 7) is 0.694. The maximum atomic E-state index is 8.63. The minimum Gasteiger partial charge on any atom is -0.359 e. The molecule has 0 spiro atoms. The van der Waals surface area contributed by atoms with Crippen molar-refractivity contribution in [2.45, 2.75) is 6.54 Å². The molecule has 0 aliphatic rings. The molecule has 0 saturated heterocycles. The molecule has 0 bridgehead atoms. The van der Waals surface area contributed by atoms with Crippen molar-refractivity contribution in [3.63, 3.8) is 0 Å². The van der Waals surface area contributed by atoms with E-state index in [4.69, 9.17) is 5.26 Å². The van der Waals surface area contributed by atoms with E-state index < -0.39 is 0 Å². The molecule has 16 heavy (non-hydrogen) atoms. The third-order valence-corrected chi connectivity index (χ3v) is 2.00. The van der Waals surface area contributed by atoms with Gasteiger partial charge in [-0.2, -0.15) is 5.26 Å². The summed E-state index contributed by atoms with van der Waals surface area (Å²) in [4.78, 5) is 4.00. The second-order valence-corrected chi connectivity index (χ2v) is 2.98. The molecule has 1 rings (SSSR count). The molecular formula is C11H15IN4. The number of rotatable bonds is 2. The summed E-state index contributed by atoms with van der Waals surface area (Å²) >= 11 is 0. The Bertz CT molecular complexity index is 378. The second-order valence-electron chi connectivity index (χ2n) is 2.98. The van der Waals surface area contributed by atoms with Gasteiger partial charge in [-0.3, -0.25) is 4.99 Å². The average Bonchev–Trinajstić information content (AvgIpc) is 2.31. The smallest absolute Gasteiger partial charge is 0.190 e. The highest BCUT2D eigenvalue weighted by Gasteiger charge is 1.95. The zero-order valence-electron chi connectivity index (χ0n) is 9.32. The van der Waals surface area contributed by atoms with Crippen LogP contribution in [0.4, 0.5) is 0 Å². The van der Waals surface area contributed by atoms with E-state index in [1.807, 2.05) is 19.2 Å². The second kappa shape index (κ2) is 7.93. The number of guanidine groups is 1. The standard InChI is InChI=1S/C11H14N4.HI/c1-13-11(14-2)15-8-10-5-3-9(7-12)4-6-10;/h3-6H,8H2,1-2H3,(H2,13,14,15);1H. The zero-order valence-corrected chi connectivity index (χ0v) is 11.6. The molecule has 0 saturated carbocycles. The lowest BCUT2D eigenvalue weighted by molar-refractivity contribution is 0.866. The van der Waals surface area contributed by atoms with Gasteiger partial charge in [0.15, 0.2) is 5.96 Å². The molecule has 5 heteroatoms. The number of nitrogens with zero attached hydrogens (tertiary/aromatic N) is 2. The Kier molecular flexibility index (Phi) is 7.29. The molecule has 0 heterocycles. The van der Waals surface area contributed by atoms with Gasteiger partial charge < -0.3 is 10.6 Å². The Balaban J connectivity index is 0.00000225. The highest BCUT2D eigenvalue weighted by molar-refractivity contribution is 14.0. The number of halogens is 1. The third kappa shape index (κ3) is 4.49. The summed E-state index contributed by atoms with van der Waals surface area (Å²) in [6.07, 6.45) is 0. The Hall–Kier alpha value is -1.29. The van der Waals surface area contributed by atoms with Crippen molar-refractivity contribution >= 4 is 29.9 Å². The number of nitriles is 1. The van der Waals surface area contributed by atoms with Crippen molar-refractivity contribution in [1.29, 1.82) is 5.26 Å². The van der Waals surface area contributed by atoms with Crippen LogP contribution in [0.15, 0.2) is 29.3 Å². The lowest BCUT2D eigenvalue weighted by atomic mass is 10.1. The highest BCUT2D eigenvalue weighted by Crippen LogP contribution is 2.02. The summed E-state index contributed by atoms with van der Waals surface area (Å²) in [5.41, 5.74) is 1.79. The Morgan fingerprint density at radius 1 is 1.38 bits per heavy atom. The minimum atomic E-state index is 0. The van der Waals surface area contributed by atoms with Crippen molar-refractivity contribution in [2.75, 3.05) is 14.1 Å². The van der Waals surface area contributed by atoms with E-state index >= 15 is 0 Å². The minimum absolute atomic E-state index is 0. The van der Waals surface area contributed by atoms with E-state index in [9.17, 15) is 0 Å². The first-order valence-electron chi connectivity index (χ1n) is 4.67. The van der Waals surface area contributed by atoms with Gasteiger partial charge in [-0.25, -0.2) is 0 Å². The molecular weight excluding hydrogens is 315 g/mol. The van der Waals surface area contributed by atoms with Gasteiger partial charge in [-0.1, -0.05) is 12.1 Å². The maximum absolute atomic E-state index is 8.63. The van der Waals surface area contributed by atoms with Gasteiger partial charge in [0.25, 0.3) is 0 Å². The van der Waals surface area contributed by atoms with E-state index in [-0.39, 0.29) is 24.0 Å². The number of aliphatic imine (C=N–C) groups is 1. The Labute approximate surface area is 113 Å². The fourth-order valence-electron chi connectivity index (χ4n) is 1.16. The first-order valence-corrected chi connectivity index (χ1v) is 4.67. The van der Waals surface area contributed by atoms with Crippen molar-refractivity contribution < 1.29 is 0 Å². The first-order chi connectivity index (χ1) is 7.30. The fraction of sp³-hybridized carbons (Fsp3) is 0.273. The van der Waals surface area contributed by atoms with Crippen molar-refractivity contribution in [3.05, 3.63) is 35.4 Å². The predicted molar refractivity (Wildman–Crippen MR) is 75.8 cm³/mol. The van der Waals surface area contributed by atoms with E-state index in [2.05, 4.69) is 21.7 Å². The highest BCUT2D eigenvalue weighted by atomic mass is 127. The fourth-order valence-corrected chi connectivity index (χ4v) is 1.16. The van der Waals surface area contributed by atoms with Crippen LogP contribution < -0.4 is 10.6 Å². The SMILES string of the molecule is CN=C(NC)NCc1ccc(C#N)cc1.I. The third-order valence-electron chi connectivity index (χ3n) is 2.00. The van der Waals surface area contributed by atoms with Gasteiger partial charge in [-0.15, -0.1) is 24.0 Å². The van der Waals surface area contributed by atoms with Crippen LogP contribution >= 0.6 is 24.0 Å². The van der Waals surface area contributed by atoms with Gasteiger partial charge in [0.2, 0.25) is 0 Å². The lowest BCUT2D eigenvalue weighted by Gasteiger charge is -2.08. The Morgan fingerprint density at radius 3 is 2.44 bits per heavy atom. The molecule has 86 valence electrons. The van der Waals surface area contributed by atoms with Gasteiger partial charge in [0.1, 0.15) is 0 Å². The molecule has 1 aromatic carbocycles. The number of nitrogens with one attached hydrogen (secondary N) is 2. The van der Waals surface area contributed by atoms with Gasteiger partial charge in [0, 0.05) is 20.6 Å². The maximum Gasteiger partial charge on any atom is 0.190 e. The monoisotopic (exact) mass is 330 g/mol. The zero-order chi connectivity index (χ0) is 11.1. The van der Waals surface area contributed by atoms with Crippen LogP contribution in [0.3, 0.4) is 0 Å². The van der Waals surface area contributed by atoms with Gasteiger partial charge >= 0.3 is 0 Å². The molecule has 4 nitrogen and oxygen atoms in total. The molecule has 2 N–H and O–H groups in total. The van der Waals surface area contributed by atoms with Crippen LogP contribution in [-0.4, -0.2) is 20.1 Å². The summed E-state index contributed by atoms with van der Waals surface area (Å²) in [5.74, 6) is 0.749. The quantitative estimate of drug-likeness (QED) is 0.490. The summed E-state index contributed by atoms with van der Waals surface area (Å²) in [7, 11) is 3.53. The first kappa shape index (κ1) is 14.7. The molecule has 0 aromatic heterocycles. The summed E-state index contributed by atoms with van der Waals surface area (Å²) in [5, 5.41) is 14.7. The largest absolute Gasteiger partial charge is 0.359 e. The molecule has 1 aromatic rings. The molecule has 0 aliphatic heterocycles. The van der Waals surface area contributed by atoms with Crippen molar-refractivity contribution in [2.24, 2.45) is 4.99 Å². The van der Waals surface area contributed by atoms with E-state index in [1.54, 1.807) is 19.2 Å². The topological polar surface area (TPSA) is 60.2 Å². The number of benzene rings is 1. The Morgan fingerprint density at radius 2 is 2.00 bits per heavy atom. The summed E-state index contributed by atoms with van der Waals surface area (Å²) < 4.78 is 0. The van der Waals surface area contributed by atoms with Gasteiger partial charge in [0.05, 0.1) is 11.6 Å². The molecule has 0 unspecified atom stereocenters. The van der Waals surface area contributed by atoms with Gasteiger partial charge in [-0.05, 0) is 17.7 Å². The van der Waals surface area contributed by atoms with Crippen LogP contribution in [0.1, 0.15) is 11.1 Å². The van der Waals surface area contributed by atoms with Crippen LogP contribution in [0.5, 0.6) is 0 Å². The average molecular weight is 330 g/mol. The molecule has 0 radical (unpaired) electrons. The summed E-state index contributed by atoms with van der Waals surface area (Å²) in [6, 6.07) is 9.54. The normalized spacial score (nSPS) is 9.94. The van der Waals surface area contributed by atoms with E-state index in [0.717, 1.165) is 11.5 Å². The van der Waals surface area contributed by atoms with E-state index in [1.165, 1.54) is 0 Å². The predicted octanol–water partition coefficient (Wildman–Crippen LogP) is 1.47. The molecule has 0 fully saturated rings. The number of hydrogen-bond donors (Lipinski definition) is 2. The molecule has 0 amide bonds. The van der Waals surface area contributed by atoms with Crippen LogP contribution in [0.2, 0.25) is 0 Å². The number of hydrogen-bond acceptors (Lipinski definition) is 2. The van der Waals surface area contributed by atoms with Crippen LogP contribution in [0, 0.1) is 11.3 Å². The van der Waals surface area contributed by atoms with Crippen LogP contribution in [-0.2, 0) is 6.54 Å². The lowest BCUT2D eigenvalue weighted by Crippen LogP contribution is -2.34. The van der Waals surface area contributed by atoms with Crippen molar-refractivity contribution in [1.82, 2.24) is 10.6 Å². The van der Waals surface area contributed by atoms with E-state index in [0.29, 0.717) is 12.1 Å².